The van der Waals surface area contributed by atoms with E-state index in [2.05, 4.69) is 75.9 Å². The fourth-order valence-corrected chi connectivity index (χ4v) is 7.81. The molecular weight excluding hydrogens is 466 g/mol. The predicted molar refractivity (Wildman–Crippen MR) is 151 cm³/mol. The summed E-state index contributed by atoms with van der Waals surface area (Å²) in [5.41, 5.74) is 6.64. The molecule has 180 valence electrons. The molecule has 0 spiro atoms. The molecule has 0 aromatic heterocycles. The molecule has 3 nitrogen and oxygen atoms in total. The van der Waals surface area contributed by atoms with Crippen molar-refractivity contribution < 1.29 is 0 Å². The molecule has 3 aromatic carbocycles. The second kappa shape index (κ2) is 10.4. The Hall–Kier alpha value is -2.21. The molecule has 0 atom stereocenters. The summed E-state index contributed by atoms with van der Waals surface area (Å²) in [5, 5.41) is 9.70. The Bertz CT molecular complexity index is 1190. The second-order valence-corrected chi connectivity index (χ2v) is 12.4. The van der Waals surface area contributed by atoms with Gasteiger partial charge in [0.2, 0.25) is 0 Å². The van der Waals surface area contributed by atoms with Crippen molar-refractivity contribution in [3.05, 3.63) is 77.9 Å². The zero-order valence-electron chi connectivity index (χ0n) is 20.2. The molecule has 3 aromatic rings. The van der Waals surface area contributed by atoms with Crippen molar-refractivity contribution in [1.82, 2.24) is 4.31 Å². The van der Waals surface area contributed by atoms with Crippen molar-refractivity contribution >= 4 is 35.1 Å². The summed E-state index contributed by atoms with van der Waals surface area (Å²) in [6.45, 7) is 4.17. The fourth-order valence-electron chi connectivity index (χ4n) is 5.58. The minimum absolute atomic E-state index is 0.690. The number of nitrogens with zero attached hydrogens (tertiary/aromatic N) is 2. The molecule has 0 unspecified atom stereocenters. The molecule has 1 heterocycles. The molecule has 1 saturated heterocycles. The number of hydrogen-bond donors (Lipinski definition) is 1. The van der Waals surface area contributed by atoms with E-state index in [1.807, 2.05) is 23.7 Å². The van der Waals surface area contributed by atoms with Crippen LogP contribution in [0.5, 0.6) is 0 Å². The Labute approximate surface area is 217 Å². The zero-order valence-corrected chi connectivity index (χ0v) is 21.8. The zero-order chi connectivity index (χ0) is 23.6. The number of para-hydroxylation sites is 1. The second-order valence-electron chi connectivity index (χ2n) is 9.86. The molecule has 5 heteroatoms. The van der Waals surface area contributed by atoms with E-state index in [-0.39, 0.29) is 0 Å². The number of rotatable bonds is 5. The Balaban J connectivity index is 1.12. The van der Waals surface area contributed by atoms with Gasteiger partial charge in [-0.3, -0.25) is 5.41 Å². The predicted octanol–water partition coefficient (Wildman–Crippen LogP) is 7.73. The molecule has 35 heavy (non-hydrogen) atoms. The summed E-state index contributed by atoms with van der Waals surface area (Å²) in [6, 6.07) is 24.2. The van der Waals surface area contributed by atoms with Gasteiger partial charge in [-0.05, 0) is 72.3 Å². The Morgan fingerprint density at radius 2 is 1.29 bits per heavy atom. The standard InChI is InChI=1S/C30H33N3S2/c31-30-28-20-24(34-23-10-6-1-2-7-11-23)12-14-26(28)27-15-13-25(21-29(27)30)35-33-18-16-32(17-19-33)22-8-4-3-5-9-22/h3-5,8-9,12-15,20-21,23,31H,1-2,6-7,10-11,16-19H2. The highest BCUT2D eigenvalue weighted by Gasteiger charge is 2.26. The molecular formula is C30H33N3S2. The van der Waals surface area contributed by atoms with Gasteiger partial charge in [0.15, 0.2) is 0 Å². The van der Waals surface area contributed by atoms with Crippen LogP contribution in [0.25, 0.3) is 11.1 Å². The first-order valence-electron chi connectivity index (χ1n) is 13.0. The van der Waals surface area contributed by atoms with Gasteiger partial charge in [-0.2, -0.15) is 0 Å². The Kier molecular flexibility index (Phi) is 6.91. The topological polar surface area (TPSA) is 30.3 Å². The van der Waals surface area contributed by atoms with E-state index >= 15 is 0 Å². The van der Waals surface area contributed by atoms with Gasteiger partial charge in [-0.1, -0.05) is 56.0 Å². The van der Waals surface area contributed by atoms with Gasteiger partial charge in [0.1, 0.15) is 0 Å². The largest absolute Gasteiger partial charge is 0.369 e. The quantitative estimate of drug-likeness (QED) is 0.225. The summed E-state index contributed by atoms with van der Waals surface area (Å²) >= 11 is 3.88. The molecule has 1 N–H and O–H groups in total. The summed E-state index contributed by atoms with van der Waals surface area (Å²) in [5.74, 6) is 0. The monoisotopic (exact) mass is 499 g/mol. The molecule has 1 aliphatic heterocycles. The maximum atomic E-state index is 8.96. The van der Waals surface area contributed by atoms with Crippen LogP contribution in [0, 0.1) is 5.41 Å². The van der Waals surface area contributed by atoms with Crippen LogP contribution in [0.15, 0.2) is 76.5 Å². The molecule has 1 saturated carbocycles. The first-order chi connectivity index (χ1) is 17.2. The summed E-state index contributed by atoms with van der Waals surface area (Å²) in [4.78, 5) is 5.04. The fraction of sp³-hybridized carbons (Fsp3) is 0.367. The molecule has 0 amide bonds. The van der Waals surface area contributed by atoms with Crippen molar-refractivity contribution in [2.75, 3.05) is 31.1 Å². The van der Waals surface area contributed by atoms with E-state index < -0.39 is 0 Å². The number of piperazine rings is 1. The van der Waals surface area contributed by atoms with Crippen molar-refractivity contribution in [2.45, 2.75) is 53.6 Å². The summed E-state index contributed by atoms with van der Waals surface area (Å²) in [7, 11) is 0. The van der Waals surface area contributed by atoms with Crippen LogP contribution in [0.4, 0.5) is 5.69 Å². The number of fused-ring (bicyclic) bond motifs is 3. The lowest BCUT2D eigenvalue weighted by Crippen LogP contribution is -2.43. The van der Waals surface area contributed by atoms with Crippen LogP contribution in [-0.2, 0) is 0 Å². The molecule has 3 aliphatic rings. The third-order valence-corrected chi connectivity index (χ3v) is 9.93. The van der Waals surface area contributed by atoms with Crippen molar-refractivity contribution in [3.8, 4) is 11.1 Å². The van der Waals surface area contributed by atoms with Crippen molar-refractivity contribution in [2.24, 2.45) is 0 Å². The average Bonchev–Trinajstić information content (AvgIpc) is 3.04. The van der Waals surface area contributed by atoms with Crippen molar-refractivity contribution in [3.63, 3.8) is 0 Å². The van der Waals surface area contributed by atoms with Gasteiger partial charge in [-0.25, -0.2) is 4.31 Å². The lowest BCUT2D eigenvalue weighted by molar-refractivity contribution is 0.429. The van der Waals surface area contributed by atoms with Gasteiger partial charge >= 0.3 is 0 Å². The molecule has 2 aliphatic carbocycles. The van der Waals surface area contributed by atoms with Crippen LogP contribution in [0.2, 0.25) is 0 Å². The number of anilines is 1. The third kappa shape index (κ3) is 5.04. The number of thioether (sulfide) groups is 1. The lowest BCUT2D eigenvalue weighted by Gasteiger charge is -2.35. The first kappa shape index (κ1) is 23.2. The number of benzene rings is 3. The van der Waals surface area contributed by atoms with Gasteiger partial charge in [-0.15, -0.1) is 11.8 Å². The maximum absolute atomic E-state index is 8.96. The van der Waals surface area contributed by atoms with Crippen LogP contribution >= 0.6 is 23.7 Å². The van der Waals surface area contributed by atoms with Crippen LogP contribution in [0.3, 0.4) is 0 Å². The Morgan fingerprint density at radius 3 is 1.97 bits per heavy atom. The summed E-state index contributed by atoms with van der Waals surface area (Å²) in [6.07, 6.45) is 8.19. The van der Waals surface area contributed by atoms with E-state index in [4.69, 9.17) is 5.41 Å². The van der Waals surface area contributed by atoms with E-state index in [0.29, 0.717) is 5.71 Å². The van der Waals surface area contributed by atoms with E-state index in [9.17, 15) is 0 Å². The highest BCUT2D eigenvalue weighted by molar-refractivity contribution is 8.00. The highest BCUT2D eigenvalue weighted by atomic mass is 32.2. The highest BCUT2D eigenvalue weighted by Crippen LogP contribution is 2.42. The van der Waals surface area contributed by atoms with Crippen LogP contribution in [-0.4, -0.2) is 41.4 Å². The summed E-state index contributed by atoms with van der Waals surface area (Å²) < 4.78 is 2.47. The minimum Gasteiger partial charge on any atom is -0.369 e. The Morgan fingerprint density at radius 1 is 0.657 bits per heavy atom. The first-order valence-corrected chi connectivity index (χ1v) is 14.7. The van der Waals surface area contributed by atoms with Crippen molar-refractivity contribution in [1.29, 1.82) is 5.41 Å². The molecule has 0 radical (unpaired) electrons. The smallest absolute Gasteiger partial charge is 0.0697 e. The average molecular weight is 500 g/mol. The third-order valence-electron chi connectivity index (χ3n) is 7.51. The maximum Gasteiger partial charge on any atom is 0.0697 e. The van der Waals surface area contributed by atoms with E-state index in [0.717, 1.165) is 42.6 Å². The normalized spacial score (nSPS) is 18.9. The molecule has 2 fully saturated rings. The van der Waals surface area contributed by atoms with E-state index in [1.165, 1.54) is 65.1 Å². The van der Waals surface area contributed by atoms with E-state index in [1.54, 1.807) is 0 Å². The van der Waals surface area contributed by atoms with Crippen LogP contribution in [0.1, 0.15) is 49.7 Å². The molecule has 6 rings (SSSR count). The van der Waals surface area contributed by atoms with Gasteiger partial charge in [0.05, 0.1) is 5.71 Å². The SMILES string of the molecule is N=C1c2cc(SC3CCCCCC3)ccc2-c2ccc(SN3CCN(c4ccccc4)CC3)cc21. The number of nitrogens with one attached hydrogen (secondary N) is 1. The molecule has 0 bridgehead atoms. The number of hydrogen-bond acceptors (Lipinski definition) is 5. The van der Waals surface area contributed by atoms with Gasteiger partial charge in [0.25, 0.3) is 0 Å². The van der Waals surface area contributed by atoms with Gasteiger partial charge in [0, 0.05) is 58.0 Å². The minimum atomic E-state index is 0.690. The van der Waals surface area contributed by atoms with Gasteiger partial charge < -0.3 is 4.90 Å². The van der Waals surface area contributed by atoms with Crippen LogP contribution < -0.4 is 4.90 Å². The lowest BCUT2D eigenvalue weighted by atomic mass is 10.1.